The van der Waals surface area contributed by atoms with Crippen LogP contribution < -0.4 is 15.4 Å². The first-order valence-corrected chi connectivity index (χ1v) is 10.5. The molecule has 0 aromatic heterocycles. The maximum atomic E-state index is 11.4. The lowest BCUT2D eigenvalue weighted by atomic mass is 10.2. The van der Waals surface area contributed by atoms with E-state index in [4.69, 9.17) is 0 Å². The summed E-state index contributed by atoms with van der Waals surface area (Å²) < 4.78 is 23.3. The van der Waals surface area contributed by atoms with Crippen molar-refractivity contribution in [3.63, 3.8) is 0 Å². The summed E-state index contributed by atoms with van der Waals surface area (Å²) in [5.41, 5.74) is 0. The van der Waals surface area contributed by atoms with Gasteiger partial charge in [-0.25, -0.2) is 13.2 Å². The van der Waals surface area contributed by atoms with E-state index in [-0.39, 0.29) is 6.54 Å². The molecule has 10 heteroatoms. The Morgan fingerprint density at radius 2 is 2.00 bits per heavy atom. The van der Waals surface area contributed by atoms with Crippen LogP contribution in [0.3, 0.4) is 0 Å². The fourth-order valence-electron chi connectivity index (χ4n) is 1.54. The molecule has 0 spiro atoms. The third-order valence-electron chi connectivity index (χ3n) is 2.44. The van der Waals surface area contributed by atoms with Crippen molar-refractivity contribution in [1.29, 1.82) is 0 Å². The van der Waals surface area contributed by atoms with Gasteiger partial charge in [0.15, 0.2) is 0 Å². The molecule has 0 radical (unpaired) electrons. The van der Waals surface area contributed by atoms with E-state index in [9.17, 15) is 18.0 Å². The largest absolute Gasteiger partial charge is 0.338 e. The number of sulfonamides is 1. The normalized spacial score (nSPS) is 17.5. The third-order valence-corrected chi connectivity index (χ3v) is 5.46. The van der Waals surface area contributed by atoms with Crippen LogP contribution in [-0.2, 0) is 14.8 Å². The monoisotopic (exact) mass is 353 g/mol. The van der Waals surface area contributed by atoms with Gasteiger partial charge in [-0.3, -0.25) is 9.52 Å². The van der Waals surface area contributed by atoms with Crippen LogP contribution in [0.25, 0.3) is 0 Å². The minimum Gasteiger partial charge on any atom is -0.338 e. The molecule has 120 valence electrons. The number of nitrogens with one attached hydrogen (secondary N) is 3. The number of carbonyl (C=O) groups is 2. The maximum absolute atomic E-state index is 11.4. The van der Waals surface area contributed by atoms with Gasteiger partial charge in [0.1, 0.15) is 0 Å². The van der Waals surface area contributed by atoms with Gasteiger partial charge < -0.3 is 10.6 Å². The summed E-state index contributed by atoms with van der Waals surface area (Å²) in [5.74, 6) is -0.768. The lowest BCUT2D eigenvalue weighted by molar-refractivity contribution is -0.118. The topological polar surface area (TPSA) is 104 Å². The van der Waals surface area contributed by atoms with Crippen LogP contribution in [0.1, 0.15) is 19.3 Å². The van der Waals surface area contributed by atoms with E-state index in [1.54, 1.807) is 15.5 Å². The molecule has 0 saturated heterocycles. The SMILES string of the molecule is CS(=O)(=O)NC(=O)CNC(=O)NCCCCC1C=CSS1. The molecular weight excluding hydrogens is 334 g/mol. The minimum atomic E-state index is -3.58. The van der Waals surface area contributed by atoms with Crippen LogP contribution in [0.15, 0.2) is 11.5 Å². The first kappa shape index (κ1) is 18.2. The van der Waals surface area contributed by atoms with Gasteiger partial charge in [-0.2, -0.15) is 0 Å². The van der Waals surface area contributed by atoms with Gasteiger partial charge in [0.2, 0.25) is 10.0 Å². The summed E-state index contributed by atoms with van der Waals surface area (Å²) in [6.45, 7) is 0.146. The fraction of sp³-hybridized carbons (Fsp3) is 0.636. The second-order valence-corrected chi connectivity index (χ2v) is 8.63. The molecule has 21 heavy (non-hydrogen) atoms. The van der Waals surface area contributed by atoms with Crippen molar-refractivity contribution in [3.05, 3.63) is 11.5 Å². The van der Waals surface area contributed by atoms with Gasteiger partial charge >= 0.3 is 6.03 Å². The van der Waals surface area contributed by atoms with E-state index < -0.39 is 22.0 Å². The van der Waals surface area contributed by atoms with E-state index in [1.165, 1.54) is 0 Å². The number of amides is 3. The first-order chi connectivity index (χ1) is 9.87. The summed E-state index contributed by atoms with van der Waals surface area (Å²) in [6, 6.07) is -0.482. The van der Waals surface area contributed by atoms with Gasteiger partial charge in [-0.05, 0) is 18.2 Å². The summed E-state index contributed by atoms with van der Waals surface area (Å²) >= 11 is 0. The van der Waals surface area contributed by atoms with Crippen molar-refractivity contribution < 1.29 is 18.0 Å². The molecule has 0 fully saturated rings. The second-order valence-electron chi connectivity index (χ2n) is 4.46. The Hall–Kier alpha value is -0.870. The summed E-state index contributed by atoms with van der Waals surface area (Å²) in [6.07, 6.45) is 6.00. The van der Waals surface area contributed by atoms with Crippen molar-refractivity contribution in [2.24, 2.45) is 0 Å². The Morgan fingerprint density at radius 1 is 1.24 bits per heavy atom. The zero-order chi connectivity index (χ0) is 15.7. The first-order valence-electron chi connectivity index (χ1n) is 6.38. The Kier molecular flexibility index (Phi) is 7.97. The number of urea groups is 1. The number of rotatable bonds is 8. The molecule has 3 amide bonds. The van der Waals surface area contributed by atoms with E-state index in [0.717, 1.165) is 25.5 Å². The molecule has 0 aromatic carbocycles. The molecular formula is C11H19N3O4S3. The molecule has 0 aromatic rings. The number of unbranched alkanes of at least 4 members (excludes halogenated alkanes) is 1. The van der Waals surface area contributed by atoms with E-state index >= 15 is 0 Å². The van der Waals surface area contributed by atoms with Gasteiger partial charge in [-0.1, -0.05) is 34.1 Å². The maximum Gasteiger partial charge on any atom is 0.315 e. The van der Waals surface area contributed by atoms with E-state index in [1.807, 2.05) is 10.8 Å². The fourth-order valence-corrected chi connectivity index (χ4v) is 4.28. The van der Waals surface area contributed by atoms with Gasteiger partial charge in [0, 0.05) is 11.8 Å². The average Bonchev–Trinajstić information content (AvgIpc) is 2.87. The summed E-state index contributed by atoms with van der Waals surface area (Å²) in [7, 11) is -0.00976. The molecule has 1 heterocycles. The van der Waals surface area contributed by atoms with Gasteiger partial charge in [0.25, 0.3) is 5.91 Å². The van der Waals surface area contributed by atoms with Crippen molar-refractivity contribution in [1.82, 2.24) is 15.4 Å². The zero-order valence-corrected chi connectivity index (χ0v) is 14.1. The zero-order valence-electron chi connectivity index (χ0n) is 11.6. The van der Waals surface area contributed by atoms with Crippen LogP contribution >= 0.6 is 21.6 Å². The predicted octanol–water partition coefficient (Wildman–Crippen LogP) is 0.809. The molecule has 1 aliphatic rings. The molecule has 0 saturated carbocycles. The van der Waals surface area contributed by atoms with Crippen molar-refractivity contribution in [2.45, 2.75) is 24.5 Å². The van der Waals surface area contributed by atoms with Crippen LogP contribution in [0, 0.1) is 0 Å². The molecule has 0 bridgehead atoms. The average molecular weight is 353 g/mol. The Balaban J connectivity index is 2.00. The standard InChI is InChI=1S/C11H19N3O4S3/c1-21(17,18)14-10(15)8-13-11(16)12-6-3-2-4-9-5-7-19-20-9/h5,7,9H,2-4,6,8H2,1H3,(H,14,15)(H2,12,13,16). The Labute approximate surface area is 132 Å². The highest BCUT2D eigenvalue weighted by atomic mass is 33.1. The van der Waals surface area contributed by atoms with Crippen molar-refractivity contribution in [3.8, 4) is 0 Å². The Bertz CT molecular complexity index is 493. The highest BCUT2D eigenvalue weighted by Crippen LogP contribution is 2.37. The van der Waals surface area contributed by atoms with Gasteiger partial charge in [-0.15, -0.1) is 0 Å². The molecule has 1 aliphatic heterocycles. The van der Waals surface area contributed by atoms with Crippen LogP contribution in [0.5, 0.6) is 0 Å². The summed E-state index contributed by atoms with van der Waals surface area (Å²) in [5, 5.41) is 7.55. The lowest BCUT2D eigenvalue weighted by Gasteiger charge is -2.08. The highest BCUT2D eigenvalue weighted by Gasteiger charge is 2.11. The number of hydrogen-bond donors (Lipinski definition) is 3. The van der Waals surface area contributed by atoms with E-state index in [2.05, 4.69) is 22.1 Å². The quantitative estimate of drug-likeness (QED) is 0.441. The third kappa shape index (κ3) is 9.64. The predicted molar refractivity (Wildman–Crippen MR) is 86.3 cm³/mol. The number of hydrogen-bond acceptors (Lipinski definition) is 6. The number of carbonyl (C=O) groups excluding carboxylic acids is 2. The van der Waals surface area contributed by atoms with Gasteiger partial charge in [0.05, 0.1) is 12.8 Å². The Morgan fingerprint density at radius 3 is 2.62 bits per heavy atom. The summed E-state index contributed by atoms with van der Waals surface area (Å²) in [4.78, 5) is 22.5. The smallest absolute Gasteiger partial charge is 0.315 e. The minimum absolute atomic E-state index is 0.375. The molecule has 1 unspecified atom stereocenters. The van der Waals surface area contributed by atoms with Crippen LogP contribution in [0.2, 0.25) is 0 Å². The molecule has 7 nitrogen and oxygen atoms in total. The van der Waals surface area contributed by atoms with E-state index in [0.29, 0.717) is 11.8 Å². The van der Waals surface area contributed by atoms with Crippen molar-refractivity contribution in [2.75, 3.05) is 19.3 Å². The lowest BCUT2D eigenvalue weighted by Crippen LogP contribution is -2.43. The van der Waals surface area contributed by atoms with Crippen LogP contribution in [-0.4, -0.2) is 45.0 Å². The molecule has 1 rings (SSSR count). The molecule has 0 aliphatic carbocycles. The molecule has 1 atom stereocenters. The highest BCUT2D eigenvalue weighted by molar-refractivity contribution is 8.78. The second kappa shape index (κ2) is 9.21. The molecule has 3 N–H and O–H groups in total. The van der Waals surface area contributed by atoms with Crippen LogP contribution in [0.4, 0.5) is 4.79 Å². The van der Waals surface area contributed by atoms with Crippen molar-refractivity contribution >= 4 is 43.5 Å².